The second-order valence-corrected chi connectivity index (χ2v) is 5.32. The Kier molecular flexibility index (Phi) is 4.11. The van der Waals surface area contributed by atoms with Crippen LogP contribution in [-0.2, 0) is 11.2 Å². The lowest BCUT2D eigenvalue weighted by molar-refractivity contribution is -0.143. The number of aryl methyl sites for hydroxylation is 2. The van der Waals surface area contributed by atoms with Gasteiger partial charge in [-0.3, -0.25) is 9.59 Å². The number of piperidine rings is 1. The van der Waals surface area contributed by atoms with Gasteiger partial charge in [0.1, 0.15) is 11.3 Å². The van der Waals surface area contributed by atoms with E-state index < -0.39 is 5.97 Å². The van der Waals surface area contributed by atoms with Crippen LogP contribution in [0.4, 0.5) is 0 Å². The van der Waals surface area contributed by atoms with Crippen LogP contribution >= 0.6 is 0 Å². The van der Waals surface area contributed by atoms with Crippen LogP contribution in [0.25, 0.3) is 0 Å². The van der Waals surface area contributed by atoms with Crippen molar-refractivity contribution in [3.63, 3.8) is 0 Å². The van der Waals surface area contributed by atoms with E-state index in [1.165, 1.54) is 0 Å². The monoisotopic (exact) mass is 280 g/mol. The van der Waals surface area contributed by atoms with Crippen LogP contribution < -0.4 is 0 Å². The van der Waals surface area contributed by atoms with Gasteiger partial charge in [-0.2, -0.15) is 0 Å². The molecule has 1 amide bonds. The first-order chi connectivity index (χ1) is 9.45. The summed E-state index contributed by atoms with van der Waals surface area (Å²) < 4.78 is 5.10. The fraction of sp³-hybridized carbons (Fsp3) is 0.643. The second kappa shape index (κ2) is 5.64. The van der Waals surface area contributed by atoms with E-state index >= 15 is 0 Å². The molecule has 2 unspecified atom stereocenters. The number of aromatic nitrogens is 1. The van der Waals surface area contributed by atoms with Gasteiger partial charge in [-0.05, 0) is 33.1 Å². The summed E-state index contributed by atoms with van der Waals surface area (Å²) in [5.74, 6) is -0.709. The number of hydrogen-bond acceptors (Lipinski definition) is 4. The van der Waals surface area contributed by atoms with Crippen molar-refractivity contribution in [3.8, 4) is 0 Å². The molecule has 0 radical (unpaired) electrons. The fourth-order valence-corrected chi connectivity index (χ4v) is 2.78. The predicted molar refractivity (Wildman–Crippen MR) is 71.5 cm³/mol. The highest BCUT2D eigenvalue weighted by Gasteiger charge is 2.34. The maximum absolute atomic E-state index is 12.6. The Bertz CT molecular complexity index is 523. The Morgan fingerprint density at radius 1 is 1.50 bits per heavy atom. The highest BCUT2D eigenvalue weighted by atomic mass is 16.5. The third kappa shape index (κ3) is 2.55. The van der Waals surface area contributed by atoms with E-state index in [4.69, 9.17) is 9.63 Å². The number of carbonyl (C=O) groups is 2. The Labute approximate surface area is 117 Å². The van der Waals surface area contributed by atoms with Crippen molar-refractivity contribution in [2.45, 2.75) is 46.1 Å². The van der Waals surface area contributed by atoms with Crippen molar-refractivity contribution in [3.05, 3.63) is 17.0 Å². The molecule has 2 heterocycles. The summed E-state index contributed by atoms with van der Waals surface area (Å²) in [5.41, 5.74) is 1.20. The van der Waals surface area contributed by atoms with Crippen LogP contribution in [0.2, 0.25) is 0 Å². The molecule has 20 heavy (non-hydrogen) atoms. The zero-order valence-electron chi connectivity index (χ0n) is 12.0. The van der Waals surface area contributed by atoms with E-state index in [-0.39, 0.29) is 17.9 Å². The van der Waals surface area contributed by atoms with Gasteiger partial charge >= 0.3 is 5.97 Å². The van der Waals surface area contributed by atoms with Crippen LogP contribution in [0.1, 0.15) is 48.5 Å². The molecule has 0 spiro atoms. The first-order valence-corrected chi connectivity index (χ1v) is 6.94. The molecule has 110 valence electrons. The molecule has 0 aliphatic carbocycles. The van der Waals surface area contributed by atoms with Crippen molar-refractivity contribution in [1.82, 2.24) is 10.1 Å². The average Bonchev–Trinajstić information content (AvgIpc) is 2.78. The molecule has 0 aromatic carbocycles. The smallest absolute Gasteiger partial charge is 0.306 e. The Hall–Kier alpha value is -1.85. The van der Waals surface area contributed by atoms with Crippen LogP contribution in [-0.4, -0.2) is 39.6 Å². The van der Waals surface area contributed by atoms with Crippen molar-refractivity contribution in [2.24, 2.45) is 5.92 Å². The fourth-order valence-electron chi connectivity index (χ4n) is 2.78. The molecule has 0 saturated carbocycles. The molecule has 1 aromatic rings. The molecular weight excluding hydrogens is 260 g/mol. The highest BCUT2D eigenvalue weighted by Crippen LogP contribution is 2.26. The number of carbonyl (C=O) groups excluding carboxylic acids is 1. The second-order valence-electron chi connectivity index (χ2n) is 5.32. The third-order valence-corrected chi connectivity index (χ3v) is 3.97. The van der Waals surface area contributed by atoms with E-state index in [0.717, 1.165) is 0 Å². The summed E-state index contributed by atoms with van der Waals surface area (Å²) >= 11 is 0. The SMILES string of the molecule is CCc1noc(C)c1C(=O)N1CCC(C(=O)O)CC1C. The molecule has 1 aliphatic rings. The molecule has 1 saturated heterocycles. The van der Waals surface area contributed by atoms with Crippen LogP contribution in [0.15, 0.2) is 4.52 Å². The first kappa shape index (κ1) is 14.6. The number of rotatable bonds is 3. The minimum absolute atomic E-state index is 0.0867. The van der Waals surface area contributed by atoms with E-state index in [1.807, 2.05) is 13.8 Å². The molecule has 6 nitrogen and oxygen atoms in total. The Morgan fingerprint density at radius 3 is 2.75 bits per heavy atom. The van der Waals surface area contributed by atoms with Crippen LogP contribution in [0.3, 0.4) is 0 Å². The van der Waals surface area contributed by atoms with E-state index in [0.29, 0.717) is 42.8 Å². The van der Waals surface area contributed by atoms with Gasteiger partial charge in [0.05, 0.1) is 11.6 Å². The molecule has 0 bridgehead atoms. The average molecular weight is 280 g/mol. The third-order valence-electron chi connectivity index (χ3n) is 3.97. The number of hydrogen-bond donors (Lipinski definition) is 1. The zero-order valence-corrected chi connectivity index (χ0v) is 12.0. The quantitative estimate of drug-likeness (QED) is 0.913. The summed E-state index contributed by atoms with van der Waals surface area (Å²) in [6.07, 6.45) is 1.63. The lowest BCUT2D eigenvalue weighted by Gasteiger charge is -2.36. The van der Waals surface area contributed by atoms with Gasteiger partial charge in [-0.1, -0.05) is 12.1 Å². The maximum atomic E-state index is 12.6. The minimum atomic E-state index is -0.778. The van der Waals surface area contributed by atoms with Gasteiger partial charge in [0.25, 0.3) is 5.91 Å². The van der Waals surface area contributed by atoms with Gasteiger partial charge in [0.15, 0.2) is 0 Å². The van der Waals surface area contributed by atoms with Crippen molar-refractivity contribution in [2.75, 3.05) is 6.54 Å². The lowest BCUT2D eigenvalue weighted by atomic mass is 9.91. The number of carboxylic acids is 1. The topological polar surface area (TPSA) is 83.6 Å². The number of nitrogens with zero attached hydrogens (tertiary/aromatic N) is 2. The summed E-state index contributed by atoms with van der Waals surface area (Å²) in [6.45, 7) is 6.01. The number of aliphatic carboxylic acids is 1. The number of carboxylic acid groups (broad SMARTS) is 1. The normalized spacial score (nSPS) is 22.9. The van der Waals surface area contributed by atoms with Gasteiger partial charge < -0.3 is 14.5 Å². The van der Waals surface area contributed by atoms with Crippen LogP contribution in [0, 0.1) is 12.8 Å². The van der Waals surface area contributed by atoms with Gasteiger partial charge in [0, 0.05) is 12.6 Å². The summed E-state index contributed by atoms with van der Waals surface area (Å²) in [4.78, 5) is 25.4. The Morgan fingerprint density at radius 2 is 2.20 bits per heavy atom. The van der Waals surface area contributed by atoms with E-state index in [9.17, 15) is 9.59 Å². The molecule has 6 heteroatoms. The summed E-state index contributed by atoms with van der Waals surface area (Å²) in [6, 6.07) is -0.0867. The summed E-state index contributed by atoms with van der Waals surface area (Å²) in [5, 5.41) is 13.0. The maximum Gasteiger partial charge on any atom is 0.306 e. The van der Waals surface area contributed by atoms with Crippen molar-refractivity contribution < 1.29 is 19.2 Å². The Balaban J connectivity index is 2.18. The molecule has 2 atom stereocenters. The van der Waals surface area contributed by atoms with Gasteiger partial charge in [-0.15, -0.1) is 0 Å². The minimum Gasteiger partial charge on any atom is -0.481 e. The molecular formula is C14H20N2O4. The summed E-state index contributed by atoms with van der Waals surface area (Å²) in [7, 11) is 0. The van der Waals surface area contributed by atoms with E-state index in [1.54, 1.807) is 11.8 Å². The van der Waals surface area contributed by atoms with E-state index in [2.05, 4.69) is 5.16 Å². The molecule has 1 aromatic heterocycles. The molecule has 1 N–H and O–H groups in total. The first-order valence-electron chi connectivity index (χ1n) is 6.94. The predicted octanol–water partition coefficient (Wildman–Crippen LogP) is 1.87. The molecule has 2 rings (SSSR count). The van der Waals surface area contributed by atoms with Gasteiger partial charge in [-0.25, -0.2) is 0 Å². The number of likely N-dealkylation sites (tertiary alicyclic amines) is 1. The largest absolute Gasteiger partial charge is 0.481 e. The highest BCUT2D eigenvalue weighted by molar-refractivity contribution is 5.96. The zero-order chi connectivity index (χ0) is 14.9. The number of amides is 1. The van der Waals surface area contributed by atoms with Crippen molar-refractivity contribution >= 4 is 11.9 Å². The van der Waals surface area contributed by atoms with Crippen LogP contribution in [0.5, 0.6) is 0 Å². The standard InChI is InChI=1S/C14H20N2O4/c1-4-11-12(9(3)20-15-11)13(17)16-6-5-10(14(18)19)7-8(16)2/h8,10H,4-7H2,1-3H3,(H,18,19). The lowest BCUT2D eigenvalue weighted by Crippen LogP contribution is -2.46. The molecule has 1 aliphatic heterocycles. The van der Waals surface area contributed by atoms with Crippen molar-refractivity contribution in [1.29, 1.82) is 0 Å². The molecule has 1 fully saturated rings. The van der Waals surface area contributed by atoms with Gasteiger partial charge in [0.2, 0.25) is 0 Å².